The molecule has 0 aromatic heterocycles. The number of rotatable bonds is 6. The van der Waals surface area contributed by atoms with Crippen molar-refractivity contribution in [2.24, 2.45) is 5.41 Å². The fraction of sp³-hybridized carbons (Fsp3) is 0.500. The number of amides is 1. The topological polar surface area (TPSA) is 75.6 Å². The zero-order valence-electron chi connectivity index (χ0n) is 12.3. The molecule has 5 nitrogen and oxygen atoms in total. The smallest absolute Gasteiger partial charge is 0.311 e. The first-order valence-corrected chi connectivity index (χ1v) is 7.34. The molecule has 1 aromatic rings. The van der Waals surface area contributed by atoms with Gasteiger partial charge in [0.15, 0.2) is 0 Å². The second-order valence-corrected chi connectivity index (χ2v) is 5.60. The molecule has 1 aliphatic rings. The molecule has 0 aliphatic carbocycles. The van der Waals surface area contributed by atoms with Crippen molar-refractivity contribution < 1.29 is 23.8 Å². The summed E-state index contributed by atoms with van der Waals surface area (Å²) >= 11 is 0. The molecule has 2 N–H and O–H groups in total. The summed E-state index contributed by atoms with van der Waals surface area (Å²) in [7, 11) is 0. The molecule has 22 heavy (non-hydrogen) atoms. The van der Waals surface area contributed by atoms with E-state index in [0.29, 0.717) is 32.5 Å². The number of carboxylic acids is 1. The molecule has 2 rings (SSSR count). The van der Waals surface area contributed by atoms with Crippen LogP contribution in [0.4, 0.5) is 4.39 Å². The lowest BCUT2D eigenvalue weighted by Crippen LogP contribution is -2.46. The zero-order valence-corrected chi connectivity index (χ0v) is 12.3. The van der Waals surface area contributed by atoms with Crippen molar-refractivity contribution in [3.8, 4) is 0 Å². The van der Waals surface area contributed by atoms with Crippen LogP contribution in [0.2, 0.25) is 0 Å². The van der Waals surface area contributed by atoms with Gasteiger partial charge in [-0.3, -0.25) is 9.59 Å². The van der Waals surface area contributed by atoms with Gasteiger partial charge in [0.05, 0.1) is 5.41 Å². The highest BCUT2D eigenvalue weighted by atomic mass is 19.1. The maximum Gasteiger partial charge on any atom is 0.311 e. The number of carbonyl (C=O) groups is 2. The molecule has 1 aliphatic heterocycles. The standard InChI is InChI=1S/C16H20FNO4/c17-13-4-1-12(2-5-13)3-6-14(19)18-11-16(15(20)21)7-9-22-10-8-16/h1-2,4-5H,3,6-11H2,(H,18,19)(H,20,21). The molecule has 6 heteroatoms. The lowest BCUT2D eigenvalue weighted by atomic mass is 9.80. The highest BCUT2D eigenvalue weighted by molar-refractivity contribution is 5.79. The molecule has 0 spiro atoms. The minimum Gasteiger partial charge on any atom is -0.481 e. The summed E-state index contributed by atoms with van der Waals surface area (Å²) in [5.74, 6) is -1.40. The molecule has 0 bridgehead atoms. The molecular weight excluding hydrogens is 289 g/mol. The Bertz CT molecular complexity index is 523. The first kappa shape index (κ1) is 16.4. The molecule has 1 heterocycles. The molecule has 1 saturated heterocycles. The summed E-state index contributed by atoms with van der Waals surface area (Å²) in [4.78, 5) is 23.3. The van der Waals surface area contributed by atoms with Crippen LogP contribution in [-0.2, 0) is 20.7 Å². The lowest BCUT2D eigenvalue weighted by Gasteiger charge is -2.33. The van der Waals surface area contributed by atoms with Gasteiger partial charge in [-0.25, -0.2) is 4.39 Å². The molecule has 120 valence electrons. The van der Waals surface area contributed by atoms with Gasteiger partial charge < -0.3 is 15.2 Å². The van der Waals surface area contributed by atoms with E-state index in [-0.39, 0.29) is 24.7 Å². The third kappa shape index (κ3) is 4.27. The molecule has 1 amide bonds. The predicted octanol–water partition coefficient (Wildman–Crippen LogP) is 1.76. The monoisotopic (exact) mass is 309 g/mol. The van der Waals surface area contributed by atoms with Gasteiger partial charge in [-0.15, -0.1) is 0 Å². The average Bonchev–Trinajstić information content (AvgIpc) is 2.53. The fourth-order valence-corrected chi connectivity index (χ4v) is 2.49. The Kier molecular flexibility index (Phi) is 5.49. The van der Waals surface area contributed by atoms with Gasteiger partial charge in [0, 0.05) is 26.2 Å². The van der Waals surface area contributed by atoms with Crippen LogP contribution in [0.25, 0.3) is 0 Å². The minimum atomic E-state index is -0.927. The number of hydrogen-bond donors (Lipinski definition) is 2. The van der Waals surface area contributed by atoms with E-state index < -0.39 is 11.4 Å². The number of nitrogens with one attached hydrogen (secondary N) is 1. The number of ether oxygens (including phenoxy) is 1. The summed E-state index contributed by atoms with van der Waals surface area (Å²) in [5.41, 5.74) is -0.0559. The quantitative estimate of drug-likeness (QED) is 0.839. The Morgan fingerprint density at radius 2 is 1.86 bits per heavy atom. The third-order valence-corrected chi connectivity index (χ3v) is 4.08. The van der Waals surface area contributed by atoms with Crippen LogP contribution in [0.5, 0.6) is 0 Å². The number of hydrogen-bond acceptors (Lipinski definition) is 3. The summed E-state index contributed by atoms with van der Waals surface area (Å²) < 4.78 is 18.0. The van der Waals surface area contributed by atoms with E-state index in [2.05, 4.69) is 5.32 Å². The Morgan fingerprint density at radius 1 is 1.23 bits per heavy atom. The van der Waals surface area contributed by atoms with Gasteiger partial charge in [-0.1, -0.05) is 12.1 Å². The van der Waals surface area contributed by atoms with E-state index in [9.17, 15) is 19.1 Å². The van der Waals surface area contributed by atoms with Gasteiger partial charge in [-0.2, -0.15) is 0 Å². The second kappa shape index (κ2) is 7.35. The lowest BCUT2D eigenvalue weighted by molar-refractivity contribution is -0.154. The molecule has 0 unspecified atom stereocenters. The highest BCUT2D eigenvalue weighted by Gasteiger charge is 2.40. The molecular formula is C16H20FNO4. The van der Waals surface area contributed by atoms with E-state index in [4.69, 9.17) is 4.74 Å². The molecule has 0 atom stereocenters. The van der Waals surface area contributed by atoms with Gasteiger partial charge in [0.1, 0.15) is 5.82 Å². The van der Waals surface area contributed by atoms with Crippen molar-refractivity contribution in [3.63, 3.8) is 0 Å². The van der Waals surface area contributed by atoms with Crippen molar-refractivity contribution in [2.75, 3.05) is 19.8 Å². The van der Waals surface area contributed by atoms with Crippen molar-refractivity contribution in [1.29, 1.82) is 0 Å². The average molecular weight is 309 g/mol. The van der Waals surface area contributed by atoms with Crippen LogP contribution in [-0.4, -0.2) is 36.7 Å². The van der Waals surface area contributed by atoms with Crippen LogP contribution in [0.15, 0.2) is 24.3 Å². The van der Waals surface area contributed by atoms with Crippen LogP contribution in [0.3, 0.4) is 0 Å². The van der Waals surface area contributed by atoms with E-state index >= 15 is 0 Å². The molecule has 0 saturated carbocycles. The Balaban J connectivity index is 1.81. The van der Waals surface area contributed by atoms with Gasteiger partial charge in [-0.05, 0) is 37.0 Å². The van der Waals surface area contributed by atoms with Crippen molar-refractivity contribution in [1.82, 2.24) is 5.32 Å². The second-order valence-electron chi connectivity index (χ2n) is 5.60. The van der Waals surface area contributed by atoms with Crippen molar-refractivity contribution >= 4 is 11.9 Å². The normalized spacial score (nSPS) is 17.0. The van der Waals surface area contributed by atoms with Crippen LogP contribution in [0.1, 0.15) is 24.8 Å². The Labute approximate surface area is 128 Å². The Hall–Kier alpha value is -1.95. The number of halogens is 1. The van der Waals surface area contributed by atoms with E-state index in [1.807, 2.05) is 0 Å². The van der Waals surface area contributed by atoms with Crippen LogP contribution >= 0.6 is 0 Å². The summed E-state index contributed by atoms with van der Waals surface area (Å²) in [6.07, 6.45) is 1.55. The van der Waals surface area contributed by atoms with Crippen molar-refractivity contribution in [2.45, 2.75) is 25.7 Å². The SMILES string of the molecule is O=C(CCc1ccc(F)cc1)NCC1(C(=O)O)CCOCC1. The Morgan fingerprint density at radius 3 is 2.45 bits per heavy atom. The summed E-state index contributed by atoms with van der Waals surface area (Å²) in [5, 5.41) is 12.1. The molecule has 0 radical (unpaired) electrons. The van der Waals surface area contributed by atoms with E-state index in [1.165, 1.54) is 12.1 Å². The number of carboxylic acid groups (broad SMARTS) is 1. The van der Waals surface area contributed by atoms with E-state index in [1.54, 1.807) is 12.1 Å². The zero-order chi connectivity index (χ0) is 16.0. The number of benzene rings is 1. The predicted molar refractivity (Wildman–Crippen MR) is 77.9 cm³/mol. The maximum atomic E-state index is 12.8. The van der Waals surface area contributed by atoms with Crippen LogP contribution < -0.4 is 5.32 Å². The first-order valence-electron chi connectivity index (χ1n) is 7.34. The minimum absolute atomic E-state index is 0.119. The van der Waals surface area contributed by atoms with Gasteiger partial charge >= 0.3 is 5.97 Å². The van der Waals surface area contributed by atoms with Gasteiger partial charge in [0.2, 0.25) is 5.91 Å². The summed E-state index contributed by atoms with van der Waals surface area (Å²) in [6, 6.07) is 5.99. The first-order chi connectivity index (χ1) is 10.5. The number of carbonyl (C=O) groups excluding carboxylic acids is 1. The highest BCUT2D eigenvalue weighted by Crippen LogP contribution is 2.30. The van der Waals surface area contributed by atoms with Gasteiger partial charge in [0.25, 0.3) is 0 Å². The van der Waals surface area contributed by atoms with Crippen molar-refractivity contribution in [3.05, 3.63) is 35.6 Å². The number of aliphatic carboxylic acids is 1. The molecule has 1 aromatic carbocycles. The molecule has 1 fully saturated rings. The van der Waals surface area contributed by atoms with E-state index in [0.717, 1.165) is 5.56 Å². The summed E-state index contributed by atoms with van der Waals surface area (Å²) in [6.45, 7) is 0.920. The van der Waals surface area contributed by atoms with Crippen LogP contribution in [0, 0.1) is 11.2 Å². The third-order valence-electron chi connectivity index (χ3n) is 4.08. The fourth-order valence-electron chi connectivity index (χ4n) is 2.49. The maximum absolute atomic E-state index is 12.8. The largest absolute Gasteiger partial charge is 0.481 e. The number of aryl methyl sites for hydroxylation is 1.